The van der Waals surface area contributed by atoms with Crippen LogP contribution in [-0.2, 0) is 4.79 Å². The van der Waals surface area contributed by atoms with E-state index in [1.807, 2.05) is 59.2 Å². The topological polar surface area (TPSA) is 72.7 Å². The van der Waals surface area contributed by atoms with Gasteiger partial charge in [-0.15, -0.1) is 16.6 Å². The summed E-state index contributed by atoms with van der Waals surface area (Å²) in [7, 11) is 0. The summed E-state index contributed by atoms with van der Waals surface area (Å²) in [6, 6.07) is 20.7. The van der Waals surface area contributed by atoms with Crippen LogP contribution in [0.25, 0.3) is 17.1 Å². The number of nitrogens with one attached hydrogen (secondary N) is 1. The minimum Gasteiger partial charge on any atom is -0.325 e. The molecular formula is C23H17N5OS. The first-order valence-electron chi connectivity index (χ1n) is 9.15. The van der Waals surface area contributed by atoms with Gasteiger partial charge in [-0.25, -0.2) is 0 Å². The highest BCUT2D eigenvalue weighted by Crippen LogP contribution is 2.27. The van der Waals surface area contributed by atoms with E-state index in [4.69, 9.17) is 6.42 Å². The number of terminal acetylenes is 1. The summed E-state index contributed by atoms with van der Waals surface area (Å²) in [5.41, 5.74) is 3.13. The number of para-hydroxylation sites is 1. The number of hydrogen-bond donors (Lipinski definition) is 1. The molecule has 0 aliphatic heterocycles. The molecule has 2 aromatic carbocycles. The molecule has 0 aliphatic carbocycles. The molecule has 0 saturated heterocycles. The van der Waals surface area contributed by atoms with Crippen molar-refractivity contribution in [2.45, 2.75) is 5.16 Å². The van der Waals surface area contributed by atoms with Gasteiger partial charge in [-0.2, -0.15) is 0 Å². The molecular weight excluding hydrogens is 394 g/mol. The van der Waals surface area contributed by atoms with E-state index < -0.39 is 0 Å². The number of aromatic nitrogens is 4. The number of nitrogens with zero attached hydrogens (tertiary/aromatic N) is 4. The van der Waals surface area contributed by atoms with Crippen LogP contribution in [0.2, 0.25) is 0 Å². The molecule has 4 rings (SSSR count). The SMILES string of the molecule is C#Cc1cccc(NC(=O)CSc2nnc(-c3cccnc3)n2-c2ccccc2)c1. The monoisotopic (exact) mass is 411 g/mol. The molecule has 0 unspecified atom stereocenters. The Morgan fingerprint density at radius 2 is 1.93 bits per heavy atom. The Balaban J connectivity index is 1.56. The summed E-state index contributed by atoms with van der Waals surface area (Å²) in [6.45, 7) is 0. The van der Waals surface area contributed by atoms with E-state index in [0.717, 1.165) is 11.3 Å². The molecule has 1 N–H and O–H groups in total. The van der Waals surface area contributed by atoms with Gasteiger partial charge in [0.05, 0.1) is 5.75 Å². The van der Waals surface area contributed by atoms with Crippen LogP contribution in [0.15, 0.2) is 84.3 Å². The molecule has 30 heavy (non-hydrogen) atoms. The van der Waals surface area contributed by atoms with Crippen LogP contribution < -0.4 is 5.32 Å². The van der Waals surface area contributed by atoms with Gasteiger partial charge in [0, 0.05) is 34.9 Å². The van der Waals surface area contributed by atoms with E-state index in [2.05, 4.69) is 26.4 Å². The van der Waals surface area contributed by atoms with Crippen molar-refractivity contribution in [3.05, 3.63) is 84.7 Å². The normalized spacial score (nSPS) is 10.4. The van der Waals surface area contributed by atoms with Gasteiger partial charge < -0.3 is 5.32 Å². The zero-order valence-corrected chi connectivity index (χ0v) is 16.7. The van der Waals surface area contributed by atoms with Crippen molar-refractivity contribution in [1.82, 2.24) is 19.7 Å². The summed E-state index contributed by atoms with van der Waals surface area (Å²) >= 11 is 1.31. The fourth-order valence-electron chi connectivity index (χ4n) is 2.87. The van der Waals surface area contributed by atoms with Gasteiger partial charge >= 0.3 is 0 Å². The Bertz CT molecular complexity index is 1200. The Morgan fingerprint density at radius 3 is 2.70 bits per heavy atom. The van der Waals surface area contributed by atoms with Crippen molar-refractivity contribution in [2.24, 2.45) is 0 Å². The first-order valence-corrected chi connectivity index (χ1v) is 10.1. The highest BCUT2D eigenvalue weighted by atomic mass is 32.2. The fourth-order valence-corrected chi connectivity index (χ4v) is 3.62. The third-order valence-electron chi connectivity index (χ3n) is 4.21. The van der Waals surface area contributed by atoms with Gasteiger partial charge in [-0.3, -0.25) is 14.3 Å². The molecule has 0 radical (unpaired) electrons. The average Bonchev–Trinajstić information content (AvgIpc) is 3.23. The van der Waals surface area contributed by atoms with E-state index in [1.165, 1.54) is 11.8 Å². The molecule has 4 aromatic rings. The summed E-state index contributed by atoms with van der Waals surface area (Å²) in [5, 5.41) is 12.1. The van der Waals surface area contributed by atoms with Crippen molar-refractivity contribution < 1.29 is 4.79 Å². The molecule has 0 bridgehead atoms. The fraction of sp³-hybridized carbons (Fsp3) is 0.0435. The van der Waals surface area contributed by atoms with Crippen LogP contribution in [0.1, 0.15) is 5.56 Å². The molecule has 6 nitrogen and oxygen atoms in total. The van der Waals surface area contributed by atoms with Gasteiger partial charge in [0.2, 0.25) is 5.91 Å². The maximum Gasteiger partial charge on any atom is 0.234 e. The number of rotatable bonds is 6. The number of benzene rings is 2. The maximum atomic E-state index is 12.5. The van der Waals surface area contributed by atoms with E-state index in [0.29, 0.717) is 22.2 Å². The highest BCUT2D eigenvalue weighted by Gasteiger charge is 2.17. The van der Waals surface area contributed by atoms with Gasteiger partial charge in [-0.05, 0) is 42.5 Å². The summed E-state index contributed by atoms with van der Waals surface area (Å²) in [5.74, 6) is 3.25. The molecule has 0 atom stereocenters. The van der Waals surface area contributed by atoms with Crippen molar-refractivity contribution in [3.63, 3.8) is 0 Å². The quantitative estimate of drug-likeness (QED) is 0.383. The van der Waals surface area contributed by atoms with Crippen LogP contribution in [0.5, 0.6) is 0 Å². The lowest BCUT2D eigenvalue weighted by Gasteiger charge is -2.10. The van der Waals surface area contributed by atoms with Crippen molar-refractivity contribution in [1.29, 1.82) is 0 Å². The Hall–Kier alpha value is -3.89. The minimum absolute atomic E-state index is 0.153. The summed E-state index contributed by atoms with van der Waals surface area (Å²) in [4.78, 5) is 16.6. The largest absolute Gasteiger partial charge is 0.325 e. The second kappa shape index (κ2) is 9.07. The molecule has 0 fully saturated rings. The Labute approximate surface area is 178 Å². The van der Waals surface area contributed by atoms with E-state index in [1.54, 1.807) is 24.5 Å². The highest BCUT2D eigenvalue weighted by molar-refractivity contribution is 7.99. The lowest BCUT2D eigenvalue weighted by Crippen LogP contribution is -2.14. The van der Waals surface area contributed by atoms with Gasteiger partial charge in [-0.1, -0.05) is 41.9 Å². The standard InChI is InChI=1S/C23H17N5OS/c1-2-17-8-6-10-19(14-17)25-21(29)16-30-23-27-26-22(18-9-7-13-24-15-18)28(23)20-11-4-3-5-12-20/h1,3-15H,16H2,(H,25,29). The van der Waals surface area contributed by atoms with Crippen LogP contribution in [0.4, 0.5) is 5.69 Å². The second-order valence-electron chi connectivity index (χ2n) is 6.28. The molecule has 2 heterocycles. The first-order chi connectivity index (χ1) is 14.7. The van der Waals surface area contributed by atoms with Gasteiger partial charge in [0.25, 0.3) is 0 Å². The molecule has 0 saturated carbocycles. The van der Waals surface area contributed by atoms with Gasteiger partial charge in [0.1, 0.15) is 0 Å². The van der Waals surface area contributed by atoms with Crippen molar-refractivity contribution in [3.8, 4) is 29.4 Å². The molecule has 7 heteroatoms. The number of thioether (sulfide) groups is 1. The molecule has 0 spiro atoms. The predicted molar refractivity (Wildman–Crippen MR) is 118 cm³/mol. The molecule has 146 valence electrons. The summed E-state index contributed by atoms with van der Waals surface area (Å²) < 4.78 is 1.92. The van der Waals surface area contributed by atoms with Gasteiger partial charge in [0.15, 0.2) is 11.0 Å². The van der Waals surface area contributed by atoms with Crippen molar-refractivity contribution >= 4 is 23.4 Å². The maximum absolute atomic E-state index is 12.5. The number of anilines is 1. The molecule has 0 aliphatic rings. The smallest absolute Gasteiger partial charge is 0.234 e. The van der Waals surface area contributed by atoms with Crippen LogP contribution in [0.3, 0.4) is 0 Å². The lowest BCUT2D eigenvalue weighted by molar-refractivity contribution is -0.113. The average molecular weight is 411 g/mol. The van der Waals surface area contributed by atoms with E-state index >= 15 is 0 Å². The molecule has 2 aromatic heterocycles. The Morgan fingerprint density at radius 1 is 1.07 bits per heavy atom. The number of pyridine rings is 1. The third-order valence-corrected chi connectivity index (χ3v) is 5.14. The Kier molecular flexibility index (Phi) is 5.88. The first kappa shape index (κ1) is 19.4. The van der Waals surface area contributed by atoms with Crippen LogP contribution in [-0.4, -0.2) is 31.4 Å². The number of carbonyl (C=O) groups excluding carboxylic acids is 1. The summed E-state index contributed by atoms with van der Waals surface area (Å²) in [6.07, 6.45) is 8.87. The van der Waals surface area contributed by atoms with Crippen molar-refractivity contribution in [2.75, 3.05) is 11.1 Å². The van der Waals surface area contributed by atoms with E-state index in [-0.39, 0.29) is 11.7 Å². The second-order valence-corrected chi connectivity index (χ2v) is 7.22. The zero-order chi connectivity index (χ0) is 20.8. The lowest BCUT2D eigenvalue weighted by atomic mass is 10.2. The number of carbonyl (C=O) groups is 1. The third kappa shape index (κ3) is 4.40. The number of amides is 1. The van der Waals surface area contributed by atoms with E-state index in [9.17, 15) is 4.79 Å². The molecule has 1 amide bonds. The van der Waals surface area contributed by atoms with Crippen LogP contribution in [0, 0.1) is 12.3 Å². The zero-order valence-electron chi connectivity index (χ0n) is 15.9. The minimum atomic E-state index is -0.153. The van der Waals surface area contributed by atoms with Crippen LogP contribution >= 0.6 is 11.8 Å². The predicted octanol–water partition coefficient (Wildman–Crippen LogP) is 4.04. The number of hydrogen-bond acceptors (Lipinski definition) is 5.